The maximum Gasteiger partial charge on any atom is 0.109 e. The molecule has 0 aliphatic carbocycles. The van der Waals surface area contributed by atoms with Gasteiger partial charge in [-0.1, -0.05) is 5.21 Å². The van der Waals surface area contributed by atoms with E-state index < -0.39 is 6.67 Å². The lowest BCUT2D eigenvalue weighted by Crippen LogP contribution is -2.43. The highest BCUT2D eigenvalue weighted by Crippen LogP contribution is 2.03. The third-order valence-corrected chi connectivity index (χ3v) is 2.59. The lowest BCUT2D eigenvalue weighted by atomic mass is 10.3. The molecule has 0 amide bonds. The molecule has 1 aromatic rings. The standard InChI is InChI=1S/C9H16FN5/c10-1-4-15-9(7-12-13-15)8-14-5-2-11-3-6-14/h7,11H,1-6,8H2. The molecular weight excluding hydrogens is 197 g/mol. The average molecular weight is 213 g/mol. The van der Waals surface area contributed by atoms with E-state index in [0.29, 0.717) is 6.54 Å². The topological polar surface area (TPSA) is 46.0 Å². The summed E-state index contributed by atoms with van der Waals surface area (Å²) in [6, 6.07) is 0. The van der Waals surface area contributed by atoms with E-state index in [1.54, 1.807) is 10.9 Å². The third-order valence-electron chi connectivity index (χ3n) is 2.59. The van der Waals surface area contributed by atoms with Gasteiger partial charge >= 0.3 is 0 Å². The van der Waals surface area contributed by atoms with Gasteiger partial charge in [0.25, 0.3) is 0 Å². The molecule has 0 aromatic carbocycles. The van der Waals surface area contributed by atoms with Crippen molar-refractivity contribution in [3.63, 3.8) is 0 Å². The van der Waals surface area contributed by atoms with Crippen LogP contribution in [0.4, 0.5) is 4.39 Å². The summed E-state index contributed by atoms with van der Waals surface area (Å²) in [5.41, 5.74) is 0.995. The molecule has 6 heteroatoms. The minimum absolute atomic E-state index is 0.307. The molecule has 1 fully saturated rings. The Bertz CT molecular complexity index is 294. The quantitative estimate of drug-likeness (QED) is 0.743. The zero-order chi connectivity index (χ0) is 10.5. The third kappa shape index (κ3) is 2.73. The number of halogens is 1. The number of rotatable bonds is 4. The number of nitrogens with zero attached hydrogens (tertiary/aromatic N) is 4. The van der Waals surface area contributed by atoms with Crippen LogP contribution in [0.3, 0.4) is 0 Å². The first-order valence-electron chi connectivity index (χ1n) is 5.26. The first-order valence-corrected chi connectivity index (χ1v) is 5.26. The van der Waals surface area contributed by atoms with E-state index in [9.17, 15) is 4.39 Å². The van der Waals surface area contributed by atoms with Crippen molar-refractivity contribution in [2.24, 2.45) is 0 Å². The van der Waals surface area contributed by atoms with Gasteiger partial charge in [0.15, 0.2) is 0 Å². The molecule has 2 heterocycles. The van der Waals surface area contributed by atoms with E-state index in [2.05, 4.69) is 20.5 Å². The van der Waals surface area contributed by atoms with Crippen LogP contribution in [0, 0.1) is 0 Å². The lowest BCUT2D eigenvalue weighted by Gasteiger charge is -2.26. The molecule has 5 nitrogen and oxygen atoms in total. The van der Waals surface area contributed by atoms with Crippen molar-refractivity contribution in [2.75, 3.05) is 32.9 Å². The molecule has 0 bridgehead atoms. The molecule has 2 rings (SSSR count). The summed E-state index contributed by atoms with van der Waals surface area (Å²) in [5.74, 6) is 0. The Morgan fingerprint density at radius 3 is 2.93 bits per heavy atom. The molecule has 0 atom stereocenters. The zero-order valence-electron chi connectivity index (χ0n) is 8.69. The minimum Gasteiger partial charge on any atom is -0.314 e. The first kappa shape index (κ1) is 10.5. The summed E-state index contributed by atoms with van der Waals surface area (Å²) < 4.78 is 13.8. The Labute approximate surface area is 88.3 Å². The molecule has 1 aromatic heterocycles. The molecule has 0 saturated carbocycles. The van der Waals surface area contributed by atoms with Crippen molar-refractivity contribution in [1.82, 2.24) is 25.2 Å². The number of piperazine rings is 1. The molecule has 1 aliphatic heterocycles. The van der Waals surface area contributed by atoms with Gasteiger partial charge in [-0.05, 0) is 0 Å². The Kier molecular flexibility index (Phi) is 3.63. The summed E-state index contributed by atoms with van der Waals surface area (Å²) in [4.78, 5) is 2.32. The van der Waals surface area contributed by atoms with Crippen molar-refractivity contribution < 1.29 is 4.39 Å². The van der Waals surface area contributed by atoms with Gasteiger partial charge in [-0.15, -0.1) is 5.10 Å². The predicted octanol–water partition coefficient (Wildman–Crippen LogP) is -0.347. The Balaban J connectivity index is 1.93. The van der Waals surface area contributed by atoms with Gasteiger partial charge in [-0.25, -0.2) is 9.07 Å². The van der Waals surface area contributed by atoms with Gasteiger partial charge < -0.3 is 5.32 Å². The van der Waals surface area contributed by atoms with Crippen LogP contribution in [-0.2, 0) is 13.1 Å². The lowest BCUT2D eigenvalue weighted by molar-refractivity contribution is 0.225. The van der Waals surface area contributed by atoms with Gasteiger partial charge in [0.1, 0.15) is 6.67 Å². The SMILES string of the molecule is FCCn1nncc1CN1CCNCC1. The van der Waals surface area contributed by atoms with Crippen LogP contribution in [0.15, 0.2) is 6.20 Å². The summed E-state index contributed by atoms with van der Waals surface area (Å²) >= 11 is 0. The Morgan fingerprint density at radius 2 is 2.20 bits per heavy atom. The fourth-order valence-corrected chi connectivity index (χ4v) is 1.77. The van der Waals surface area contributed by atoms with Gasteiger partial charge in [0, 0.05) is 32.7 Å². The zero-order valence-corrected chi connectivity index (χ0v) is 8.69. The molecule has 0 radical (unpaired) electrons. The van der Waals surface area contributed by atoms with Crippen LogP contribution in [0.5, 0.6) is 0 Å². The number of aromatic nitrogens is 3. The molecular formula is C9H16FN5. The van der Waals surface area contributed by atoms with E-state index in [1.165, 1.54) is 0 Å². The van der Waals surface area contributed by atoms with Crippen LogP contribution in [-0.4, -0.2) is 52.7 Å². The number of alkyl halides is 1. The molecule has 1 saturated heterocycles. The minimum atomic E-state index is -0.391. The van der Waals surface area contributed by atoms with Crippen LogP contribution in [0.1, 0.15) is 5.69 Å². The Hall–Kier alpha value is -1.01. The smallest absolute Gasteiger partial charge is 0.109 e. The summed E-state index contributed by atoms with van der Waals surface area (Å²) in [7, 11) is 0. The summed E-state index contributed by atoms with van der Waals surface area (Å²) in [5, 5.41) is 11.0. The predicted molar refractivity (Wildman–Crippen MR) is 54.1 cm³/mol. The van der Waals surface area contributed by atoms with Crippen LogP contribution in [0.2, 0.25) is 0 Å². The Morgan fingerprint density at radius 1 is 1.40 bits per heavy atom. The second-order valence-electron chi connectivity index (χ2n) is 3.66. The van der Waals surface area contributed by atoms with Crippen LogP contribution in [0.25, 0.3) is 0 Å². The molecule has 15 heavy (non-hydrogen) atoms. The molecule has 84 valence electrons. The highest BCUT2D eigenvalue weighted by atomic mass is 19.1. The first-order chi connectivity index (χ1) is 7.40. The number of aryl methyl sites for hydroxylation is 1. The largest absolute Gasteiger partial charge is 0.314 e. The normalized spacial score (nSPS) is 18.2. The highest BCUT2D eigenvalue weighted by Gasteiger charge is 2.12. The van der Waals surface area contributed by atoms with Gasteiger partial charge in [-0.2, -0.15) is 0 Å². The van der Waals surface area contributed by atoms with E-state index in [-0.39, 0.29) is 0 Å². The van der Waals surface area contributed by atoms with E-state index in [1.807, 2.05) is 0 Å². The van der Waals surface area contributed by atoms with Gasteiger partial charge in [0.2, 0.25) is 0 Å². The van der Waals surface area contributed by atoms with Crippen LogP contribution < -0.4 is 5.32 Å². The summed E-state index contributed by atoms with van der Waals surface area (Å²) in [6.45, 7) is 4.82. The molecule has 0 unspecified atom stereocenters. The van der Waals surface area contributed by atoms with Crippen molar-refractivity contribution in [1.29, 1.82) is 0 Å². The second-order valence-corrected chi connectivity index (χ2v) is 3.66. The number of hydrogen-bond donors (Lipinski definition) is 1. The molecule has 1 N–H and O–H groups in total. The maximum absolute atomic E-state index is 12.2. The van der Waals surface area contributed by atoms with Gasteiger partial charge in [0.05, 0.1) is 18.4 Å². The second kappa shape index (κ2) is 5.18. The fraction of sp³-hybridized carbons (Fsp3) is 0.778. The van der Waals surface area contributed by atoms with Crippen molar-refractivity contribution in [3.05, 3.63) is 11.9 Å². The maximum atomic E-state index is 12.2. The van der Waals surface area contributed by atoms with E-state index >= 15 is 0 Å². The number of nitrogens with one attached hydrogen (secondary N) is 1. The van der Waals surface area contributed by atoms with Crippen molar-refractivity contribution in [2.45, 2.75) is 13.1 Å². The van der Waals surface area contributed by atoms with Crippen molar-refractivity contribution in [3.8, 4) is 0 Å². The number of hydrogen-bond acceptors (Lipinski definition) is 4. The monoisotopic (exact) mass is 213 g/mol. The molecule has 0 spiro atoms. The molecule has 1 aliphatic rings. The van der Waals surface area contributed by atoms with Gasteiger partial charge in [-0.3, -0.25) is 4.90 Å². The summed E-state index contributed by atoms with van der Waals surface area (Å²) in [6.07, 6.45) is 1.72. The van der Waals surface area contributed by atoms with E-state index in [4.69, 9.17) is 0 Å². The fourth-order valence-electron chi connectivity index (χ4n) is 1.77. The average Bonchev–Trinajstić information content (AvgIpc) is 2.68. The highest BCUT2D eigenvalue weighted by molar-refractivity contribution is 4.94. The van der Waals surface area contributed by atoms with Crippen LogP contribution >= 0.6 is 0 Å². The van der Waals surface area contributed by atoms with Crippen molar-refractivity contribution >= 4 is 0 Å². The van der Waals surface area contributed by atoms with E-state index in [0.717, 1.165) is 38.4 Å².